The summed E-state index contributed by atoms with van der Waals surface area (Å²) >= 11 is 0. The van der Waals surface area contributed by atoms with Gasteiger partial charge in [-0.1, -0.05) is 38.8 Å². The molecule has 92 valence electrons. The fourth-order valence-electron chi connectivity index (χ4n) is 3.85. The molecule has 3 atom stereocenters. The molecule has 0 aromatic rings. The molecule has 0 radical (unpaired) electrons. The summed E-state index contributed by atoms with van der Waals surface area (Å²) in [4.78, 5) is 0. The Labute approximate surface area is 99.9 Å². The lowest BCUT2D eigenvalue weighted by molar-refractivity contribution is -0.0982. The lowest BCUT2D eigenvalue weighted by atomic mass is 9.60. The molecule has 3 unspecified atom stereocenters. The number of aliphatic hydroxyl groups is 1. The first kappa shape index (κ1) is 12.2. The summed E-state index contributed by atoms with van der Waals surface area (Å²) in [6.07, 6.45) is 7.93. The lowest BCUT2D eigenvalue weighted by Gasteiger charge is -2.48. The number of allylic oxidation sites excluding steroid dienone is 1. The van der Waals surface area contributed by atoms with Gasteiger partial charge >= 0.3 is 0 Å². The van der Waals surface area contributed by atoms with E-state index in [1.165, 1.54) is 24.8 Å². The standard InChI is InChI=1S/C15H26O/c1-11-7-9-15(16)12(2)6-5-8-14(3,4)13(15)10-11/h7,12-13,16H,5-6,8-10H2,1-4H3. The third kappa shape index (κ3) is 1.84. The zero-order valence-electron chi connectivity index (χ0n) is 11.2. The van der Waals surface area contributed by atoms with E-state index in [0.717, 1.165) is 12.8 Å². The molecule has 2 rings (SSSR count). The van der Waals surface area contributed by atoms with E-state index in [0.29, 0.717) is 11.8 Å². The Morgan fingerprint density at radius 1 is 1.38 bits per heavy atom. The Balaban J connectivity index is 2.39. The zero-order chi connectivity index (χ0) is 12.0. The van der Waals surface area contributed by atoms with Crippen molar-refractivity contribution >= 4 is 0 Å². The molecule has 1 fully saturated rings. The number of hydrogen-bond donors (Lipinski definition) is 1. The van der Waals surface area contributed by atoms with Gasteiger partial charge in [-0.25, -0.2) is 0 Å². The van der Waals surface area contributed by atoms with Crippen molar-refractivity contribution in [3.05, 3.63) is 11.6 Å². The molecule has 2 aliphatic carbocycles. The van der Waals surface area contributed by atoms with Crippen LogP contribution in [0.15, 0.2) is 11.6 Å². The van der Waals surface area contributed by atoms with Crippen molar-refractivity contribution < 1.29 is 5.11 Å². The molecule has 1 saturated carbocycles. The first-order valence-corrected chi connectivity index (χ1v) is 6.74. The summed E-state index contributed by atoms with van der Waals surface area (Å²) < 4.78 is 0. The molecule has 0 saturated heterocycles. The highest BCUT2D eigenvalue weighted by molar-refractivity contribution is 5.15. The van der Waals surface area contributed by atoms with Crippen molar-refractivity contribution in [1.29, 1.82) is 0 Å². The van der Waals surface area contributed by atoms with Crippen molar-refractivity contribution in [3.63, 3.8) is 0 Å². The molecule has 0 heterocycles. The Morgan fingerprint density at radius 2 is 2.06 bits per heavy atom. The molecular formula is C15H26O. The first-order valence-electron chi connectivity index (χ1n) is 6.74. The molecule has 1 heteroatoms. The maximum absolute atomic E-state index is 11.0. The summed E-state index contributed by atoms with van der Waals surface area (Å²) in [5.41, 5.74) is 1.31. The molecule has 2 aliphatic rings. The Kier molecular flexibility index (Phi) is 2.94. The Bertz CT molecular complexity index is 303. The predicted octanol–water partition coefficient (Wildman–Crippen LogP) is 3.92. The average molecular weight is 222 g/mol. The van der Waals surface area contributed by atoms with Crippen molar-refractivity contribution in [2.24, 2.45) is 17.3 Å². The first-order chi connectivity index (χ1) is 7.36. The van der Waals surface area contributed by atoms with Crippen LogP contribution in [0.1, 0.15) is 59.8 Å². The second-order valence-corrected chi connectivity index (χ2v) is 6.78. The number of fused-ring (bicyclic) bond motifs is 1. The van der Waals surface area contributed by atoms with Crippen LogP contribution in [0.4, 0.5) is 0 Å². The third-order valence-electron chi connectivity index (χ3n) is 5.16. The molecule has 0 spiro atoms. The van der Waals surface area contributed by atoms with Crippen LogP contribution in [0, 0.1) is 17.3 Å². The molecule has 0 amide bonds. The van der Waals surface area contributed by atoms with Crippen LogP contribution in [-0.4, -0.2) is 10.7 Å². The van der Waals surface area contributed by atoms with E-state index in [1.54, 1.807) is 0 Å². The summed E-state index contributed by atoms with van der Waals surface area (Å²) in [5.74, 6) is 0.895. The summed E-state index contributed by atoms with van der Waals surface area (Å²) in [6.45, 7) is 9.15. The van der Waals surface area contributed by atoms with Crippen molar-refractivity contribution in [2.45, 2.75) is 65.4 Å². The van der Waals surface area contributed by atoms with E-state index >= 15 is 0 Å². The van der Waals surface area contributed by atoms with Crippen LogP contribution < -0.4 is 0 Å². The second-order valence-electron chi connectivity index (χ2n) is 6.78. The SMILES string of the molecule is CC1=CCC2(O)C(C)CCCC(C)(C)C2C1. The van der Waals surface area contributed by atoms with Gasteiger partial charge in [-0.2, -0.15) is 0 Å². The van der Waals surface area contributed by atoms with Gasteiger partial charge in [0.25, 0.3) is 0 Å². The predicted molar refractivity (Wildman–Crippen MR) is 68.2 cm³/mol. The number of hydrogen-bond acceptors (Lipinski definition) is 1. The average Bonchev–Trinajstić information content (AvgIpc) is 2.28. The van der Waals surface area contributed by atoms with Gasteiger partial charge in [0.15, 0.2) is 0 Å². The van der Waals surface area contributed by atoms with Crippen LogP contribution in [0.3, 0.4) is 0 Å². The quantitative estimate of drug-likeness (QED) is 0.616. The van der Waals surface area contributed by atoms with Gasteiger partial charge in [0.2, 0.25) is 0 Å². The smallest absolute Gasteiger partial charge is 0.0743 e. The highest BCUT2D eigenvalue weighted by Crippen LogP contribution is 2.52. The minimum Gasteiger partial charge on any atom is -0.389 e. The van der Waals surface area contributed by atoms with Crippen LogP contribution in [0.25, 0.3) is 0 Å². The van der Waals surface area contributed by atoms with E-state index in [2.05, 4.69) is 33.8 Å². The van der Waals surface area contributed by atoms with Gasteiger partial charge in [-0.05, 0) is 49.9 Å². The summed E-state index contributed by atoms with van der Waals surface area (Å²) in [6, 6.07) is 0. The minimum atomic E-state index is -0.445. The third-order valence-corrected chi connectivity index (χ3v) is 5.16. The Hall–Kier alpha value is -0.300. The van der Waals surface area contributed by atoms with Gasteiger partial charge in [0.1, 0.15) is 0 Å². The van der Waals surface area contributed by atoms with Gasteiger partial charge in [-0.3, -0.25) is 0 Å². The highest BCUT2D eigenvalue weighted by atomic mass is 16.3. The summed E-state index contributed by atoms with van der Waals surface area (Å²) in [5, 5.41) is 11.0. The van der Waals surface area contributed by atoms with Crippen molar-refractivity contribution in [2.75, 3.05) is 0 Å². The van der Waals surface area contributed by atoms with E-state index in [1.807, 2.05) is 0 Å². The zero-order valence-corrected chi connectivity index (χ0v) is 11.2. The molecule has 16 heavy (non-hydrogen) atoms. The summed E-state index contributed by atoms with van der Waals surface area (Å²) in [7, 11) is 0. The topological polar surface area (TPSA) is 20.2 Å². The maximum atomic E-state index is 11.0. The Morgan fingerprint density at radius 3 is 2.75 bits per heavy atom. The molecule has 0 aromatic carbocycles. The highest BCUT2D eigenvalue weighted by Gasteiger charge is 2.50. The molecule has 0 aliphatic heterocycles. The van der Waals surface area contributed by atoms with Crippen molar-refractivity contribution in [3.8, 4) is 0 Å². The largest absolute Gasteiger partial charge is 0.389 e. The van der Waals surface area contributed by atoms with E-state index in [-0.39, 0.29) is 5.41 Å². The van der Waals surface area contributed by atoms with Gasteiger partial charge < -0.3 is 5.11 Å². The van der Waals surface area contributed by atoms with Gasteiger partial charge in [-0.15, -0.1) is 0 Å². The van der Waals surface area contributed by atoms with E-state index in [9.17, 15) is 5.11 Å². The lowest BCUT2D eigenvalue weighted by Crippen LogP contribution is -2.49. The van der Waals surface area contributed by atoms with Crippen LogP contribution >= 0.6 is 0 Å². The van der Waals surface area contributed by atoms with E-state index < -0.39 is 5.60 Å². The fraction of sp³-hybridized carbons (Fsp3) is 0.867. The van der Waals surface area contributed by atoms with Crippen molar-refractivity contribution in [1.82, 2.24) is 0 Å². The molecule has 1 N–H and O–H groups in total. The number of rotatable bonds is 0. The van der Waals surface area contributed by atoms with Gasteiger partial charge in [0, 0.05) is 0 Å². The van der Waals surface area contributed by atoms with Crippen LogP contribution in [0.5, 0.6) is 0 Å². The van der Waals surface area contributed by atoms with E-state index in [4.69, 9.17) is 0 Å². The molecular weight excluding hydrogens is 196 g/mol. The van der Waals surface area contributed by atoms with Crippen LogP contribution in [-0.2, 0) is 0 Å². The minimum absolute atomic E-state index is 0.287. The second kappa shape index (κ2) is 3.87. The molecule has 0 aromatic heterocycles. The van der Waals surface area contributed by atoms with Crippen LogP contribution in [0.2, 0.25) is 0 Å². The monoisotopic (exact) mass is 222 g/mol. The molecule has 1 nitrogen and oxygen atoms in total. The fourth-order valence-corrected chi connectivity index (χ4v) is 3.85. The normalized spacial score (nSPS) is 43.2. The molecule has 0 bridgehead atoms. The van der Waals surface area contributed by atoms with Gasteiger partial charge in [0.05, 0.1) is 5.60 Å². The maximum Gasteiger partial charge on any atom is 0.0743 e.